The molecule has 0 bridgehead atoms. The van der Waals surface area contributed by atoms with Gasteiger partial charge in [-0.15, -0.1) is 0 Å². The lowest BCUT2D eigenvalue weighted by atomic mass is 10.1. The van der Waals surface area contributed by atoms with Gasteiger partial charge in [0.05, 0.1) is 14.2 Å². The number of halogens is 1. The molecule has 0 spiro atoms. The molecule has 0 unspecified atom stereocenters. The SMILES string of the molecule is COc1cc(Br)c(CCCCCNC(C)C)c(OC)c1. The Labute approximate surface area is 131 Å². The van der Waals surface area contributed by atoms with Gasteiger partial charge in [-0.2, -0.15) is 0 Å². The number of nitrogens with one attached hydrogen (secondary N) is 1. The number of methoxy groups -OCH3 is 2. The molecule has 0 aliphatic heterocycles. The highest BCUT2D eigenvalue weighted by Crippen LogP contribution is 2.33. The first-order valence-electron chi connectivity index (χ1n) is 7.22. The summed E-state index contributed by atoms with van der Waals surface area (Å²) in [6.07, 6.45) is 4.63. The molecule has 0 aromatic heterocycles. The zero-order chi connectivity index (χ0) is 15.0. The van der Waals surface area contributed by atoms with Crippen molar-refractivity contribution < 1.29 is 9.47 Å². The zero-order valence-corrected chi connectivity index (χ0v) is 14.5. The number of hydrogen-bond acceptors (Lipinski definition) is 3. The van der Waals surface area contributed by atoms with E-state index in [2.05, 4.69) is 35.1 Å². The number of ether oxygens (including phenoxy) is 2. The minimum Gasteiger partial charge on any atom is -0.497 e. The lowest BCUT2D eigenvalue weighted by molar-refractivity contribution is 0.390. The van der Waals surface area contributed by atoms with Gasteiger partial charge in [-0.1, -0.05) is 36.2 Å². The summed E-state index contributed by atoms with van der Waals surface area (Å²) < 4.78 is 11.8. The summed E-state index contributed by atoms with van der Waals surface area (Å²) in [6, 6.07) is 4.52. The van der Waals surface area contributed by atoms with Gasteiger partial charge in [0, 0.05) is 22.1 Å². The van der Waals surface area contributed by atoms with Gasteiger partial charge >= 0.3 is 0 Å². The molecule has 0 aliphatic rings. The average Bonchev–Trinajstić information content (AvgIpc) is 2.42. The normalized spacial score (nSPS) is 10.9. The lowest BCUT2D eigenvalue weighted by Crippen LogP contribution is -2.23. The molecule has 1 aromatic carbocycles. The van der Waals surface area contributed by atoms with Crippen molar-refractivity contribution in [3.63, 3.8) is 0 Å². The van der Waals surface area contributed by atoms with E-state index in [1.165, 1.54) is 24.8 Å². The Bertz CT molecular complexity index is 408. The second-order valence-corrected chi connectivity index (χ2v) is 6.06. The summed E-state index contributed by atoms with van der Waals surface area (Å²) in [6.45, 7) is 5.46. The first-order valence-corrected chi connectivity index (χ1v) is 8.01. The minimum atomic E-state index is 0.575. The summed E-state index contributed by atoms with van der Waals surface area (Å²) in [7, 11) is 3.37. The molecule has 0 saturated heterocycles. The zero-order valence-electron chi connectivity index (χ0n) is 13.0. The van der Waals surface area contributed by atoms with Crippen LogP contribution in [-0.2, 0) is 6.42 Å². The second-order valence-electron chi connectivity index (χ2n) is 5.21. The van der Waals surface area contributed by atoms with Crippen LogP contribution in [0.25, 0.3) is 0 Å². The molecule has 1 N–H and O–H groups in total. The van der Waals surface area contributed by atoms with Gasteiger partial charge in [-0.3, -0.25) is 0 Å². The van der Waals surface area contributed by atoms with E-state index in [0.717, 1.165) is 28.9 Å². The predicted octanol–water partition coefficient (Wildman–Crippen LogP) is 4.18. The van der Waals surface area contributed by atoms with E-state index in [4.69, 9.17) is 9.47 Å². The Morgan fingerprint density at radius 3 is 2.45 bits per heavy atom. The van der Waals surface area contributed by atoms with Crippen LogP contribution in [0.2, 0.25) is 0 Å². The fourth-order valence-electron chi connectivity index (χ4n) is 2.12. The fourth-order valence-corrected chi connectivity index (χ4v) is 2.74. The summed E-state index contributed by atoms with van der Waals surface area (Å²) in [5.41, 5.74) is 1.23. The summed E-state index contributed by atoms with van der Waals surface area (Å²) in [4.78, 5) is 0. The van der Waals surface area contributed by atoms with Crippen molar-refractivity contribution in [1.82, 2.24) is 5.32 Å². The molecule has 114 valence electrons. The molecule has 0 heterocycles. The van der Waals surface area contributed by atoms with Crippen LogP contribution in [-0.4, -0.2) is 26.8 Å². The second kappa shape index (κ2) is 9.24. The van der Waals surface area contributed by atoms with E-state index in [-0.39, 0.29) is 0 Å². The standard InChI is InChI=1S/C16H26BrNO2/c1-12(2)18-9-7-5-6-8-14-15(17)10-13(19-3)11-16(14)20-4/h10-12,18H,5-9H2,1-4H3. The molecule has 4 heteroatoms. The van der Waals surface area contributed by atoms with Crippen molar-refractivity contribution in [2.24, 2.45) is 0 Å². The molecule has 0 amide bonds. The predicted molar refractivity (Wildman–Crippen MR) is 87.9 cm³/mol. The van der Waals surface area contributed by atoms with Crippen LogP contribution in [0.15, 0.2) is 16.6 Å². The molecule has 0 aliphatic carbocycles. The monoisotopic (exact) mass is 343 g/mol. The van der Waals surface area contributed by atoms with Crippen LogP contribution in [0.3, 0.4) is 0 Å². The van der Waals surface area contributed by atoms with E-state index < -0.39 is 0 Å². The van der Waals surface area contributed by atoms with Gasteiger partial charge in [-0.25, -0.2) is 0 Å². The van der Waals surface area contributed by atoms with Crippen molar-refractivity contribution in [2.45, 2.75) is 45.6 Å². The molecule has 3 nitrogen and oxygen atoms in total. The van der Waals surface area contributed by atoms with Crippen molar-refractivity contribution in [1.29, 1.82) is 0 Å². The molecule has 0 fully saturated rings. The molecule has 0 radical (unpaired) electrons. The first-order chi connectivity index (χ1) is 9.58. The van der Waals surface area contributed by atoms with Crippen LogP contribution < -0.4 is 14.8 Å². The lowest BCUT2D eigenvalue weighted by Gasteiger charge is -2.13. The molecule has 20 heavy (non-hydrogen) atoms. The van der Waals surface area contributed by atoms with E-state index >= 15 is 0 Å². The van der Waals surface area contributed by atoms with Crippen molar-refractivity contribution in [3.8, 4) is 11.5 Å². The maximum Gasteiger partial charge on any atom is 0.126 e. The van der Waals surface area contributed by atoms with Crippen molar-refractivity contribution >= 4 is 15.9 Å². The highest BCUT2D eigenvalue weighted by Gasteiger charge is 2.10. The maximum atomic E-state index is 5.46. The van der Waals surface area contributed by atoms with Crippen molar-refractivity contribution in [2.75, 3.05) is 20.8 Å². The summed E-state index contributed by atoms with van der Waals surface area (Å²) >= 11 is 3.61. The molecule has 0 saturated carbocycles. The minimum absolute atomic E-state index is 0.575. The first kappa shape index (κ1) is 17.3. The highest BCUT2D eigenvalue weighted by atomic mass is 79.9. The van der Waals surface area contributed by atoms with Crippen LogP contribution in [0.5, 0.6) is 11.5 Å². The van der Waals surface area contributed by atoms with Crippen molar-refractivity contribution in [3.05, 3.63) is 22.2 Å². The third-order valence-corrected chi connectivity index (χ3v) is 3.95. The molecular formula is C16H26BrNO2. The number of hydrogen-bond donors (Lipinski definition) is 1. The Balaban J connectivity index is 2.47. The van der Waals surface area contributed by atoms with Gasteiger partial charge in [0.15, 0.2) is 0 Å². The summed E-state index contributed by atoms with van der Waals surface area (Å²) in [5, 5.41) is 3.44. The molecular weight excluding hydrogens is 318 g/mol. The number of unbranched alkanes of at least 4 members (excludes halogenated alkanes) is 2. The molecule has 1 rings (SSSR count). The topological polar surface area (TPSA) is 30.5 Å². The Morgan fingerprint density at radius 2 is 1.85 bits per heavy atom. The average molecular weight is 344 g/mol. The van der Waals surface area contributed by atoms with Crippen LogP contribution in [0, 0.1) is 0 Å². The Morgan fingerprint density at radius 1 is 1.10 bits per heavy atom. The van der Waals surface area contributed by atoms with Crippen LogP contribution >= 0.6 is 15.9 Å². The molecule has 0 atom stereocenters. The van der Waals surface area contributed by atoms with E-state index in [1.54, 1.807) is 14.2 Å². The van der Waals surface area contributed by atoms with E-state index in [1.807, 2.05) is 12.1 Å². The Hall–Kier alpha value is -0.740. The maximum absolute atomic E-state index is 5.46. The summed E-state index contributed by atoms with van der Waals surface area (Å²) in [5.74, 6) is 1.72. The third kappa shape index (κ3) is 5.71. The van der Waals surface area contributed by atoms with Crippen LogP contribution in [0.4, 0.5) is 0 Å². The van der Waals surface area contributed by atoms with Gasteiger partial charge in [0.1, 0.15) is 11.5 Å². The Kier molecular flexibility index (Phi) is 8.00. The molecule has 1 aromatic rings. The van der Waals surface area contributed by atoms with Gasteiger partial charge < -0.3 is 14.8 Å². The quantitative estimate of drug-likeness (QED) is 0.682. The number of rotatable bonds is 9. The van der Waals surface area contributed by atoms with E-state index in [9.17, 15) is 0 Å². The highest BCUT2D eigenvalue weighted by molar-refractivity contribution is 9.10. The van der Waals surface area contributed by atoms with E-state index in [0.29, 0.717) is 6.04 Å². The van der Waals surface area contributed by atoms with Crippen LogP contribution in [0.1, 0.15) is 38.7 Å². The third-order valence-electron chi connectivity index (χ3n) is 3.24. The smallest absolute Gasteiger partial charge is 0.126 e. The largest absolute Gasteiger partial charge is 0.497 e. The van der Waals surface area contributed by atoms with Gasteiger partial charge in [0.2, 0.25) is 0 Å². The van der Waals surface area contributed by atoms with Gasteiger partial charge in [0.25, 0.3) is 0 Å². The van der Waals surface area contributed by atoms with Gasteiger partial charge in [-0.05, 0) is 31.9 Å². The fraction of sp³-hybridized carbons (Fsp3) is 0.625. The number of benzene rings is 1.